The van der Waals surface area contributed by atoms with E-state index in [2.05, 4.69) is 25.1 Å². The van der Waals surface area contributed by atoms with Crippen molar-refractivity contribution in [1.82, 2.24) is 19.6 Å². The predicted molar refractivity (Wildman–Crippen MR) is 125 cm³/mol. The van der Waals surface area contributed by atoms with E-state index >= 15 is 0 Å². The van der Waals surface area contributed by atoms with Crippen LogP contribution < -0.4 is 10.1 Å². The van der Waals surface area contributed by atoms with Crippen LogP contribution in [-0.4, -0.2) is 32.1 Å². The Bertz CT molecular complexity index is 1460. The van der Waals surface area contributed by atoms with Gasteiger partial charge in [-0.1, -0.05) is 29.8 Å². The van der Waals surface area contributed by atoms with Gasteiger partial charge in [-0.15, -0.1) is 11.3 Å². The minimum atomic E-state index is -2.88. The number of hydrogen-bond acceptors (Lipinski definition) is 6. The van der Waals surface area contributed by atoms with E-state index in [0.717, 1.165) is 16.8 Å². The highest BCUT2D eigenvalue weighted by Gasteiger charge is 2.18. The molecule has 34 heavy (non-hydrogen) atoms. The Morgan fingerprint density at radius 3 is 2.53 bits per heavy atom. The van der Waals surface area contributed by atoms with Gasteiger partial charge >= 0.3 is 6.61 Å². The molecular formula is C24H17F2N5O2S. The van der Waals surface area contributed by atoms with Crippen molar-refractivity contribution in [3.05, 3.63) is 83.5 Å². The molecule has 5 rings (SSSR count). The Morgan fingerprint density at radius 2 is 1.79 bits per heavy atom. The molecule has 170 valence electrons. The first-order chi connectivity index (χ1) is 16.5. The molecule has 5 aromatic rings. The van der Waals surface area contributed by atoms with Crippen LogP contribution in [0.5, 0.6) is 5.75 Å². The monoisotopic (exact) mass is 477 g/mol. The first kappa shape index (κ1) is 21.7. The topological polar surface area (TPSA) is 81.4 Å². The second-order valence-electron chi connectivity index (χ2n) is 7.38. The van der Waals surface area contributed by atoms with Crippen molar-refractivity contribution >= 4 is 28.0 Å². The summed E-state index contributed by atoms with van der Waals surface area (Å²) in [7, 11) is 0. The lowest BCUT2D eigenvalue weighted by molar-refractivity contribution is -0.0498. The smallest absolute Gasteiger partial charge is 0.387 e. The summed E-state index contributed by atoms with van der Waals surface area (Å²) in [6, 6.07) is 16.0. The number of halogens is 2. The summed E-state index contributed by atoms with van der Waals surface area (Å²) < 4.78 is 30.6. The third kappa shape index (κ3) is 4.35. The number of fused-ring (bicyclic) bond motifs is 1. The number of aromatic nitrogens is 4. The highest BCUT2D eigenvalue weighted by molar-refractivity contribution is 7.14. The molecule has 0 saturated carbocycles. The summed E-state index contributed by atoms with van der Waals surface area (Å²) in [6.07, 6.45) is 3.12. The molecule has 0 bridgehead atoms. The molecule has 3 heterocycles. The lowest BCUT2D eigenvalue weighted by Crippen LogP contribution is -2.12. The molecule has 7 nitrogen and oxygen atoms in total. The molecule has 10 heteroatoms. The van der Waals surface area contributed by atoms with E-state index in [4.69, 9.17) is 0 Å². The summed E-state index contributed by atoms with van der Waals surface area (Å²) >= 11 is 1.25. The summed E-state index contributed by atoms with van der Waals surface area (Å²) in [5, 5.41) is 9.31. The molecular weight excluding hydrogens is 460 g/mol. The zero-order valence-electron chi connectivity index (χ0n) is 17.8. The molecule has 0 fully saturated rings. The van der Waals surface area contributed by atoms with E-state index in [1.807, 2.05) is 37.3 Å². The number of aryl methyl sites for hydroxylation is 1. The van der Waals surface area contributed by atoms with Crippen LogP contribution in [0.15, 0.2) is 72.4 Å². The SMILES string of the molecule is Cc1ccc(-c2ccnc3c(C(=O)Nc4nc(-c5ccc(OC(F)F)cc5)cs4)cnn23)cc1. The molecule has 0 aliphatic rings. The molecule has 0 spiro atoms. The van der Waals surface area contributed by atoms with Gasteiger partial charge in [0.1, 0.15) is 11.3 Å². The fourth-order valence-corrected chi connectivity index (χ4v) is 4.14. The average molecular weight is 477 g/mol. The van der Waals surface area contributed by atoms with Crippen molar-refractivity contribution in [2.75, 3.05) is 5.32 Å². The molecule has 1 N–H and O–H groups in total. The van der Waals surface area contributed by atoms with E-state index < -0.39 is 6.61 Å². The zero-order valence-corrected chi connectivity index (χ0v) is 18.6. The van der Waals surface area contributed by atoms with E-state index in [1.54, 1.807) is 28.2 Å². The van der Waals surface area contributed by atoms with Crippen molar-refractivity contribution in [2.45, 2.75) is 13.5 Å². The molecule has 0 unspecified atom stereocenters. The largest absolute Gasteiger partial charge is 0.435 e. The number of alkyl halides is 2. The van der Waals surface area contributed by atoms with Crippen molar-refractivity contribution < 1.29 is 18.3 Å². The van der Waals surface area contributed by atoms with Gasteiger partial charge in [0.15, 0.2) is 10.8 Å². The van der Waals surface area contributed by atoms with E-state index in [9.17, 15) is 13.6 Å². The number of nitrogens with zero attached hydrogens (tertiary/aromatic N) is 4. The van der Waals surface area contributed by atoms with Crippen LogP contribution in [-0.2, 0) is 0 Å². The Labute approximate surface area is 196 Å². The molecule has 2 aromatic carbocycles. The van der Waals surface area contributed by atoms with Gasteiger partial charge in [0.25, 0.3) is 5.91 Å². The molecule has 0 saturated heterocycles. The summed E-state index contributed by atoms with van der Waals surface area (Å²) in [5.74, 6) is -0.321. The molecule has 3 aromatic heterocycles. The maximum Gasteiger partial charge on any atom is 0.387 e. The number of carbonyl (C=O) groups excluding carboxylic acids is 1. The minimum Gasteiger partial charge on any atom is -0.435 e. The zero-order chi connectivity index (χ0) is 23.7. The maximum atomic E-state index is 12.9. The Morgan fingerprint density at radius 1 is 1.06 bits per heavy atom. The van der Waals surface area contributed by atoms with Crippen LogP contribution in [0.2, 0.25) is 0 Å². The van der Waals surface area contributed by atoms with Crippen LogP contribution in [0.4, 0.5) is 13.9 Å². The van der Waals surface area contributed by atoms with Gasteiger partial charge in [0.2, 0.25) is 0 Å². The summed E-state index contributed by atoms with van der Waals surface area (Å²) in [4.78, 5) is 21.7. The summed E-state index contributed by atoms with van der Waals surface area (Å²) in [6.45, 7) is -0.863. The fourth-order valence-electron chi connectivity index (χ4n) is 3.43. The van der Waals surface area contributed by atoms with Gasteiger partial charge in [0.05, 0.1) is 17.6 Å². The number of hydrogen-bond donors (Lipinski definition) is 1. The highest BCUT2D eigenvalue weighted by Crippen LogP contribution is 2.28. The van der Waals surface area contributed by atoms with Crippen molar-refractivity contribution in [1.29, 1.82) is 0 Å². The number of ether oxygens (including phenoxy) is 1. The lowest BCUT2D eigenvalue weighted by Gasteiger charge is -2.05. The number of carbonyl (C=O) groups is 1. The average Bonchev–Trinajstić information content (AvgIpc) is 3.47. The number of rotatable bonds is 6. The highest BCUT2D eigenvalue weighted by atomic mass is 32.1. The minimum absolute atomic E-state index is 0.0631. The van der Waals surface area contributed by atoms with Crippen molar-refractivity contribution in [3.8, 4) is 28.3 Å². The predicted octanol–water partition coefficient (Wildman–Crippen LogP) is 5.68. The van der Waals surface area contributed by atoms with Crippen molar-refractivity contribution in [2.24, 2.45) is 0 Å². The summed E-state index contributed by atoms with van der Waals surface area (Å²) in [5.41, 5.74) is 4.99. The Kier molecular flexibility index (Phi) is 5.72. The van der Waals surface area contributed by atoms with Gasteiger partial charge in [0, 0.05) is 22.7 Å². The molecule has 0 aliphatic heterocycles. The standard InChI is InChI=1S/C24H17F2N5O2S/c1-14-2-4-16(5-3-14)20-10-11-27-21-18(12-28-31(20)21)22(32)30-24-29-19(13-34-24)15-6-8-17(9-7-15)33-23(25)26/h2-13,23H,1H3,(H,29,30,32). The third-order valence-corrected chi connectivity index (χ3v) is 5.85. The van der Waals surface area contributed by atoms with Crippen LogP contribution in [0.3, 0.4) is 0 Å². The first-order valence-corrected chi connectivity index (χ1v) is 11.1. The van der Waals surface area contributed by atoms with Crippen LogP contribution in [0.25, 0.3) is 28.2 Å². The van der Waals surface area contributed by atoms with Gasteiger partial charge < -0.3 is 4.74 Å². The number of thiazole rings is 1. The number of anilines is 1. The van der Waals surface area contributed by atoms with Crippen molar-refractivity contribution in [3.63, 3.8) is 0 Å². The lowest BCUT2D eigenvalue weighted by atomic mass is 10.1. The number of amides is 1. The van der Waals surface area contributed by atoms with Gasteiger partial charge in [-0.3, -0.25) is 10.1 Å². The number of nitrogens with one attached hydrogen (secondary N) is 1. The quantitative estimate of drug-likeness (QED) is 0.340. The van der Waals surface area contributed by atoms with Gasteiger partial charge in [-0.2, -0.15) is 13.9 Å². The second-order valence-corrected chi connectivity index (χ2v) is 8.24. The molecule has 0 atom stereocenters. The maximum absolute atomic E-state index is 12.9. The Balaban J connectivity index is 1.36. The molecule has 0 aliphatic carbocycles. The van der Waals surface area contributed by atoms with Crippen LogP contribution in [0, 0.1) is 6.92 Å². The van der Waals surface area contributed by atoms with Gasteiger partial charge in [-0.05, 0) is 37.3 Å². The normalized spacial score (nSPS) is 11.2. The molecule has 1 amide bonds. The Hall–Kier alpha value is -4.18. The van der Waals surface area contributed by atoms with E-state index in [1.165, 1.54) is 29.7 Å². The van der Waals surface area contributed by atoms with Crippen LogP contribution >= 0.6 is 11.3 Å². The van der Waals surface area contributed by atoms with Gasteiger partial charge in [-0.25, -0.2) is 14.5 Å². The number of benzene rings is 2. The third-order valence-electron chi connectivity index (χ3n) is 5.09. The molecule has 0 radical (unpaired) electrons. The van der Waals surface area contributed by atoms with E-state index in [0.29, 0.717) is 27.6 Å². The fraction of sp³-hybridized carbons (Fsp3) is 0.0833. The first-order valence-electron chi connectivity index (χ1n) is 10.2. The van der Waals surface area contributed by atoms with Crippen LogP contribution in [0.1, 0.15) is 15.9 Å². The van der Waals surface area contributed by atoms with E-state index in [-0.39, 0.29) is 11.7 Å². The second kappa shape index (κ2) is 8.99.